The number of fused-ring (bicyclic) bond motifs is 1. The summed E-state index contributed by atoms with van der Waals surface area (Å²) in [5, 5.41) is 10.2. The molecule has 0 bridgehead atoms. The van der Waals surface area contributed by atoms with Gasteiger partial charge in [-0.25, -0.2) is 0 Å². The topological polar surface area (TPSA) is 99.6 Å². The van der Waals surface area contributed by atoms with E-state index >= 15 is 4.79 Å². The van der Waals surface area contributed by atoms with Crippen molar-refractivity contribution in [3.8, 4) is 0 Å². The van der Waals surface area contributed by atoms with Crippen molar-refractivity contribution in [1.29, 1.82) is 0 Å². The van der Waals surface area contributed by atoms with E-state index in [4.69, 9.17) is 9.47 Å². The van der Waals surface area contributed by atoms with Crippen LogP contribution in [0, 0.1) is 29.6 Å². The van der Waals surface area contributed by atoms with Crippen LogP contribution in [0.25, 0.3) is 0 Å². The van der Waals surface area contributed by atoms with E-state index in [-0.39, 0.29) is 47.9 Å². The zero-order valence-corrected chi connectivity index (χ0v) is 36.2. The van der Waals surface area contributed by atoms with Crippen LogP contribution < -0.4 is 0 Å². The number of hydrogen-bond donors (Lipinski definition) is 1. The molecular formula is C46H73N3O6Si. The molecule has 0 radical (unpaired) electrons. The van der Waals surface area contributed by atoms with E-state index in [1.54, 1.807) is 0 Å². The molecule has 9 aliphatic rings. The molecule has 9 rings (SSSR count). The Hall–Kier alpha value is -1.75. The fourth-order valence-electron chi connectivity index (χ4n) is 15.4. The molecule has 10 heteroatoms. The largest absolute Gasteiger partial charge is 0.394 e. The monoisotopic (exact) mass is 792 g/mol. The van der Waals surface area contributed by atoms with Crippen molar-refractivity contribution in [3.63, 3.8) is 0 Å². The molecule has 5 aliphatic carbocycles. The second kappa shape index (κ2) is 15.7. The van der Waals surface area contributed by atoms with E-state index in [0.717, 1.165) is 109 Å². The third kappa shape index (κ3) is 6.42. The maximum atomic E-state index is 15.6. The number of ether oxygens (including phenoxy) is 2. The van der Waals surface area contributed by atoms with Gasteiger partial charge in [-0.05, 0) is 118 Å². The molecule has 0 aromatic rings. The van der Waals surface area contributed by atoms with Crippen molar-refractivity contribution >= 4 is 25.8 Å². The standard InChI is InChI=1S/C46H73N3O6Si/c1-29-43(56(3,4)35-22-20-34(54-2)21-23-35)40(26-41(51)47-24-10-15-33(47)28-50)55-46(29)37-17-5-6-18-38(37)48(45(46)53)27-30-11-7-14-32(25-30)49-39-19-9-13-31-12-8-16-36(42(31)39)44(49)52/h29-36,39-40,42-43,50H,5-28H2,1-4H3/t29-,30?,31?,32?,33+,34?,35?,36?,39?,40+,42?,43-,46+/m1/s1. The molecule has 9 nitrogen and oxygen atoms in total. The maximum absolute atomic E-state index is 15.6. The Bertz CT molecular complexity index is 1540. The fraction of sp³-hybridized carbons (Fsp3) is 0.891. The predicted octanol–water partition coefficient (Wildman–Crippen LogP) is 7.83. The minimum Gasteiger partial charge on any atom is -0.394 e. The highest BCUT2D eigenvalue weighted by Crippen LogP contribution is 2.62. The molecule has 7 fully saturated rings. The number of carbonyl (C=O) groups excluding carboxylic acids is 3. The summed E-state index contributed by atoms with van der Waals surface area (Å²) in [7, 11) is -0.260. The molecule has 312 valence electrons. The van der Waals surface area contributed by atoms with E-state index in [0.29, 0.717) is 54.4 Å². The molecule has 0 aromatic heterocycles. The van der Waals surface area contributed by atoms with Crippen molar-refractivity contribution in [2.45, 2.75) is 202 Å². The van der Waals surface area contributed by atoms with Crippen molar-refractivity contribution in [2.24, 2.45) is 29.6 Å². The first kappa shape index (κ1) is 39.7. The van der Waals surface area contributed by atoms with Gasteiger partial charge in [-0.1, -0.05) is 65.0 Å². The number of amides is 3. The predicted molar refractivity (Wildman–Crippen MR) is 219 cm³/mol. The summed E-state index contributed by atoms with van der Waals surface area (Å²) in [6.07, 6.45) is 22.3. The van der Waals surface area contributed by atoms with Crippen molar-refractivity contribution in [3.05, 3.63) is 11.3 Å². The molecule has 6 unspecified atom stereocenters. The van der Waals surface area contributed by atoms with Crippen molar-refractivity contribution < 1.29 is 29.0 Å². The highest BCUT2D eigenvalue weighted by atomic mass is 28.3. The highest BCUT2D eigenvalue weighted by molar-refractivity contribution is 6.80. The Morgan fingerprint density at radius 3 is 2.43 bits per heavy atom. The summed E-state index contributed by atoms with van der Waals surface area (Å²) < 4.78 is 13.3. The van der Waals surface area contributed by atoms with Gasteiger partial charge in [-0.3, -0.25) is 14.4 Å². The first-order valence-corrected chi connectivity index (χ1v) is 26.7. The molecule has 56 heavy (non-hydrogen) atoms. The molecule has 4 heterocycles. The average Bonchev–Trinajstić information content (AvgIpc) is 3.95. The summed E-state index contributed by atoms with van der Waals surface area (Å²) in [6, 6.07) is 0.629. The van der Waals surface area contributed by atoms with Gasteiger partial charge in [0.15, 0.2) is 5.60 Å². The van der Waals surface area contributed by atoms with Gasteiger partial charge >= 0.3 is 0 Å². The summed E-state index contributed by atoms with van der Waals surface area (Å²) in [4.78, 5) is 50.5. The lowest BCUT2D eigenvalue weighted by molar-refractivity contribution is -0.152. The lowest BCUT2D eigenvalue weighted by Gasteiger charge is -2.45. The maximum Gasteiger partial charge on any atom is 0.263 e. The summed E-state index contributed by atoms with van der Waals surface area (Å²) >= 11 is 0. The minimum atomic E-state index is -2.10. The van der Waals surface area contributed by atoms with Crippen LogP contribution in [-0.2, 0) is 23.9 Å². The van der Waals surface area contributed by atoms with Crippen LogP contribution in [0.5, 0.6) is 0 Å². The van der Waals surface area contributed by atoms with E-state index in [1.165, 1.54) is 43.4 Å². The summed E-state index contributed by atoms with van der Waals surface area (Å²) in [5.74, 6) is 2.65. The lowest BCUT2D eigenvalue weighted by Crippen LogP contribution is -2.51. The molecule has 3 saturated heterocycles. The van der Waals surface area contributed by atoms with Gasteiger partial charge in [0.05, 0.1) is 39.4 Å². The Morgan fingerprint density at radius 2 is 1.66 bits per heavy atom. The molecule has 0 aromatic carbocycles. The quantitative estimate of drug-likeness (QED) is 0.239. The minimum absolute atomic E-state index is 0.00106. The van der Waals surface area contributed by atoms with Crippen LogP contribution in [0.15, 0.2) is 11.3 Å². The van der Waals surface area contributed by atoms with E-state index in [1.807, 2.05) is 12.0 Å². The summed E-state index contributed by atoms with van der Waals surface area (Å²) in [5.41, 5.74) is 2.25. The molecule has 3 amide bonds. The third-order valence-electron chi connectivity index (χ3n) is 18.0. The number of likely N-dealkylation sites (tertiary alicyclic amines) is 2. The number of aliphatic hydroxyl groups excluding tert-OH is 1. The number of rotatable bonds is 9. The first-order valence-electron chi connectivity index (χ1n) is 23.6. The number of nitrogens with zero attached hydrogens (tertiary/aromatic N) is 3. The Balaban J connectivity index is 0.988. The third-order valence-corrected chi connectivity index (χ3v) is 23.3. The van der Waals surface area contributed by atoms with E-state index in [9.17, 15) is 14.7 Å². The Kier molecular flexibility index (Phi) is 11.1. The van der Waals surface area contributed by atoms with Crippen LogP contribution in [0.3, 0.4) is 0 Å². The lowest BCUT2D eigenvalue weighted by atomic mass is 9.65. The Labute approximate surface area is 338 Å². The van der Waals surface area contributed by atoms with Crippen LogP contribution >= 0.6 is 0 Å². The summed E-state index contributed by atoms with van der Waals surface area (Å²) in [6.45, 7) is 8.83. The van der Waals surface area contributed by atoms with Gasteiger partial charge in [0.2, 0.25) is 11.8 Å². The van der Waals surface area contributed by atoms with Gasteiger partial charge in [0.25, 0.3) is 5.91 Å². The van der Waals surface area contributed by atoms with Gasteiger partial charge < -0.3 is 29.3 Å². The van der Waals surface area contributed by atoms with Crippen LogP contribution in [0.4, 0.5) is 0 Å². The fourth-order valence-corrected chi connectivity index (χ4v) is 20.5. The number of methoxy groups -OCH3 is 1. The highest BCUT2D eigenvalue weighted by Gasteiger charge is 2.68. The van der Waals surface area contributed by atoms with Crippen molar-refractivity contribution in [2.75, 3.05) is 26.8 Å². The zero-order valence-electron chi connectivity index (χ0n) is 35.2. The normalized spacial score (nSPS) is 42.9. The van der Waals surface area contributed by atoms with Crippen LogP contribution in [-0.4, -0.2) is 108 Å². The molecular weight excluding hydrogens is 719 g/mol. The number of carbonyl (C=O) groups is 3. The first-order chi connectivity index (χ1) is 27.1. The molecule has 1 spiro atoms. The second-order valence-electron chi connectivity index (χ2n) is 20.9. The van der Waals surface area contributed by atoms with E-state index in [2.05, 4.69) is 29.8 Å². The molecule has 1 N–H and O–H groups in total. The van der Waals surface area contributed by atoms with Gasteiger partial charge in [0, 0.05) is 49.8 Å². The number of hydrogen-bond acceptors (Lipinski definition) is 6. The SMILES string of the molecule is COC1CCC([Si](C)(C)[C@H]2[C@H](CC(=O)N3CCC[C@H]3CO)O[C@@]3(C(=O)N(CC4CCCC(N5C(=O)C6CCCC7CCCC5C76)C4)C4=C3CCCC4)[C@@H]2C)CC1. The Morgan fingerprint density at radius 1 is 0.911 bits per heavy atom. The number of allylic oxidation sites excluding steroid dienone is 1. The van der Waals surface area contributed by atoms with Gasteiger partial charge in [-0.15, -0.1) is 0 Å². The van der Waals surface area contributed by atoms with Crippen molar-refractivity contribution in [1.82, 2.24) is 14.7 Å². The average molecular weight is 792 g/mol. The van der Waals surface area contributed by atoms with E-state index < -0.39 is 13.7 Å². The van der Waals surface area contributed by atoms with Crippen LogP contribution in [0.1, 0.15) is 142 Å². The molecule has 4 aliphatic heterocycles. The molecule has 4 saturated carbocycles. The second-order valence-corrected chi connectivity index (χ2v) is 26.0. The zero-order chi connectivity index (χ0) is 38.9. The smallest absolute Gasteiger partial charge is 0.263 e. The van der Waals surface area contributed by atoms with Gasteiger partial charge in [0.1, 0.15) is 0 Å². The van der Waals surface area contributed by atoms with Gasteiger partial charge in [-0.2, -0.15) is 0 Å². The molecule has 11 atom stereocenters. The number of aliphatic hydroxyl groups is 1. The van der Waals surface area contributed by atoms with Crippen LogP contribution in [0.2, 0.25) is 24.2 Å².